The van der Waals surface area contributed by atoms with Gasteiger partial charge in [0.2, 0.25) is 0 Å². The third-order valence-corrected chi connectivity index (χ3v) is 7.03. The van der Waals surface area contributed by atoms with E-state index < -0.39 is 11.1 Å². The maximum atomic E-state index is 11.8. The Morgan fingerprint density at radius 2 is 0.938 bits per heavy atom. The fraction of sp³-hybridized carbons (Fsp3) is 0.200. The van der Waals surface area contributed by atoms with Gasteiger partial charge in [0.05, 0.1) is 5.54 Å². The molecule has 1 aliphatic heterocycles. The Morgan fingerprint density at radius 3 is 1.25 bits per heavy atom. The Labute approximate surface area is 190 Å². The maximum Gasteiger partial charge on any atom is 0.102 e. The lowest BCUT2D eigenvalue weighted by atomic mass is 9.69. The molecule has 0 aromatic heterocycles. The van der Waals surface area contributed by atoms with Crippen LogP contribution >= 0.6 is 0 Å². The SMILES string of the molecule is C[C@](O)(c1ccccc1)[C@@H]1CCN1C(c1ccccc1)(c1ccccc1)c1ccccc1. The fourth-order valence-corrected chi connectivity index (χ4v) is 5.38. The van der Waals surface area contributed by atoms with Crippen LogP contribution < -0.4 is 0 Å². The van der Waals surface area contributed by atoms with Crippen molar-refractivity contribution < 1.29 is 5.11 Å². The number of hydrogen-bond donors (Lipinski definition) is 1. The van der Waals surface area contributed by atoms with Crippen LogP contribution in [0.5, 0.6) is 0 Å². The molecule has 160 valence electrons. The third-order valence-electron chi connectivity index (χ3n) is 7.03. The second-order valence-corrected chi connectivity index (χ2v) is 8.82. The van der Waals surface area contributed by atoms with Gasteiger partial charge in [-0.1, -0.05) is 121 Å². The van der Waals surface area contributed by atoms with Crippen molar-refractivity contribution in [1.29, 1.82) is 0 Å². The number of rotatable bonds is 6. The summed E-state index contributed by atoms with van der Waals surface area (Å²) in [5.41, 5.74) is 3.13. The fourth-order valence-electron chi connectivity index (χ4n) is 5.38. The zero-order valence-corrected chi connectivity index (χ0v) is 18.4. The molecule has 0 unspecified atom stereocenters. The van der Waals surface area contributed by atoms with Gasteiger partial charge in [0.25, 0.3) is 0 Å². The van der Waals surface area contributed by atoms with Crippen LogP contribution in [0, 0.1) is 0 Å². The van der Waals surface area contributed by atoms with Crippen LogP contribution in [0.1, 0.15) is 35.6 Å². The van der Waals surface area contributed by atoms with Crippen LogP contribution in [0.3, 0.4) is 0 Å². The van der Waals surface area contributed by atoms with Crippen molar-refractivity contribution in [1.82, 2.24) is 4.90 Å². The van der Waals surface area contributed by atoms with Crippen molar-refractivity contribution in [3.8, 4) is 0 Å². The Balaban J connectivity index is 1.74. The van der Waals surface area contributed by atoms with E-state index in [0.717, 1.165) is 18.5 Å². The van der Waals surface area contributed by atoms with Crippen LogP contribution in [-0.4, -0.2) is 22.6 Å². The van der Waals surface area contributed by atoms with Gasteiger partial charge in [0.1, 0.15) is 5.60 Å². The molecule has 32 heavy (non-hydrogen) atoms. The average molecular weight is 420 g/mol. The molecule has 0 radical (unpaired) electrons. The summed E-state index contributed by atoms with van der Waals surface area (Å²) >= 11 is 0. The number of nitrogens with zero attached hydrogens (tertiary/aromatic N) is 1. The van der Waals surface area contributed by atoms with Crippen molar-refractivity contribution in [3.05, 3.63) is 144 Å². The minimum atomic E-state index is -0.969. The lowest BCUT2D eigenvalue weighted by Crippen LogP contribution is -2.66. The van der Waals surface area contributed by atoms with Gasteiger partial charge in [-0.3, -0.25) is 4.90 Å². The van der Waals surface area contributed by atoms with Gasteiger partial charge in [0.15, 0.2) is 0 Å². The van der Waals surface area contributed by atoms with Gasteiger partial charge in [0, 0.05) is 12.6 Å². The van der Waals surface area contributed by atoms with Gasteiger partial charge in [-0.15, -0.1) is 0 Å². The topological polar surface area (TPSA) is 23.5 Å². The highest BCUT2D eigenvalue weighted by molar-refractivity contribution is 5.50. The highest BCUT2D eigenvalue weighted by atomic mass is 16.3. The summed E-state index contributed by atoms with van der Waals surface area (Å²) in [5.74, 6) is 0. The van der Waals surface area contributed by atoms with E-state index in [4.69, 9.17) is 0 Å². The van der Waals surface area contributed by atoms with Gasteiger partial charge in [-0.2, -0.15) is 0 Å². The Morgan fingerprint density at radius 1 is 0.594 bits per heavy atom. The van der Waals surface area contributed by atoms with Crippen LogP contribution in [0.15, 0.2) is 121 Å². The molecular formula is C30H29NO. The lowest BCUT2D eigenvalue weighted by Gasteiger charge is -2.58. The number of likely N-dealkylation sites (tertiary alicyclic amines) is 1. The summed E-state index contributed by atoms with van der Waals surface area (Å²) in [4.78, 5) is 2.50. The number of benzene rings is 4. The Hall–Kier alpha value is -3.20. The van der Waals surface area contributed by atoms with E-state index in [1.165, 1.54) is 16.7 Å². The molecule has 1 fully saturated rings. The molecule has 1 N–H and O–H groups in total. The van der Waals surface area contributed by atoms with E-state index in [1.807, 2.05) is 37.3 Å². The molecule has 1 aliphatic rings. The van der Waals surface area contributed by atoms with Gasteiger partial charge < -0.3 is 5.11 Å². The largest absolute Gasteiger partial charge is 0.384 e. The zero-order valence-electron chi connectivity index (χ0n) is 18.4. The second-order valence-electron chi connectivity index (χ2n) is 8.82. The summed E-state index contributed by atoms with van der Waals surface area (Å²) in [6.45, 7) is 2.87. The molecule has 0 aliphatic carbocycles. The normalized spacial score (nSPS) is 18.5. The molecule has 0 saturated carbocycles. The first-order valence-electron chi connectivity index (χ1n) is 11.4. The van der Waals surface area contributed by atoms with E-state index in [9.17, 15) is 5.11 Å². The second kappa shape index (κ2) is 8.38. The van der Waals surface area contributed by atoms with Gasteiger partial charge in [-0.05, 0) is 35.6 Å². The quantitative estimate of drug-likeness (QED) is 0.390. The minimum absolute atomic E-state index is 0.0227. The highest BCUT2D eigenvalue weighted by Crippen LogP contribution is 2.50. The van der Waals surface area contributed by atoms with Crippen LogP contribution in [0.25, 0.3) is 0 Å². The first-order valence-corrected chi connectivity index (χ1v) is 11.4. The standard InChI is InChI=1S/C30H29NO/c1-29(32,24-14-6-2-7-15-24)28-22-23-31(28)30(25-16-8-3-9-17-25,26-18-10-4-11-19-26)27-20-12-5-13-21-27/h2-21,28,32H,22-23H2,1H3/t28-,29-/m0/s1. The number of hydrogen-bond acceptors (Lipinski definition) is 2. The predicted molar refractivity (Wildman–Crippen MR) is 130 cm³/mol. The summed E-state index contributed by atoms with van der Waals surface area (Å²) in [7, 11) is 0. The van der Waals surface area contributed by atoms with Crippen molar-refractivity contribution >= 4 is 0 Å². The average Bonchev–Trinajstić information content (AvgIpc) is 2.83. The summed E-state index contributed by atoms with van der Waals surface area (Å²) < 4.78 is 0. The van der Waals surface area contributed by atoms with Crippen molar-refractivity contribution in [2.24, 2.45) is 0 Å². The molecule has 2 atom stereocenters. The monoisotopic (exact) mass is 419 g/mol. The summed E-state index contributed by atoms with van der Waals surface area (Å²) in [6.07, 6.45) is 0.941. The van der Waals surface area contributed by atoms with E-state index in [1.54, 1.807) is 0 Å². The molecular weight excluding hydrogens is 390 g/mol. The third kappa shape index (κ3) is 3.28. The van der Waals surface area contributed by atoms with Crippen LogP contribution in [-0.2, 0) is 11.1 Å². The van der Waals surface area contributed by atoms with E-state index in [0.29, 0.717) is 0 Å². The van der Waals surface area contributed by atoms with E-state index in [-0.39, 0.29) is 6.04 Å². The van der Waals surface area contributed by atoms with Crippen LogP contribution in [0.2, 0.25) is 0 Å². The molecule has 0 bridgehead atoms. The Kier molecular flexibility index (Phi) is 5.42. The molecule has 4 aromatic rings. The first kappa shape index (κ1) is 20.7. The molecule has 5 rings (SSSR count). The van der Waals surface area contributed by atoms with Crippen LogP contribution in [0.4, 0.5) is 0 Å². The molecule has 2 nitrogen and oxygen atoms in total. The maximum absolute atomic E-state index is 11.8. The number of aliphatic hydroxyl groups is 1. The Bertz CT molecular complexity index is 1040. The van der Waals surface area contributed by atoms with E-state index in [2.05, 4.69) is 95.9 Å². The molecule has 0 amide bonds. The molecule has 1 heterocycles. The van der Waals surface area contributed by atoms with Crippen molar-refractivity contribution in [2.75, 3.05) is 6.54 Å². The molecule has 1 saturated heterocycles. The molecule has 0 spiro atoms. The zero-order chi connectivity index (χ0) is 22.0. The van der Waals surface area contributed by atoms with Crippen molar-refractivity contribution in [2.45, 2.75) is 30.5 Å². The first-order chi connectivity index (χ1) is 15.6. The summed E-state index contributed by atoms with van der Waals surface area (Å²) in [6, 6.07) is 42.2. The predicted octanol–water partition coefficient (Wildman–Crippen LogP) is 5.96. The minimum Gasteiger partial charge on any atom is -0.384 e. The summed E-state index contributed by atoms with van der Waals surface area (Å²) in [5, 5.41) is 11.8. The smallest absolute Gasteiger partial charge is 0.102 e. The molecule has 4 aromatic carbocycles. The molecule has 2 heteroatoms. The van der Waals surface area contributed by atoms with Gasteiger partial charge in [-0.25, -0.2) is 0 Å². The lowest BCUT2D eigenvalue weighted by molar-refractivity contribution is -0.117. The van der Waals surface area contributed by atoms with Gasteiger partial charge >= 0.3 is 0 Å². The van der Waals surface area contributed by atoms with Crippen molar-refractivity contribution in [3.63, 3.8) is 0 Å². The van der Waals surface area contributed by atoms with E-state index >= 15 is 0 Å². The highest BCUT2D eigenvalue weighted by Gasteiger charge is 2.54.